The molecule has 0 bridgehead atoms. The Bertz CT molecular complexity index is 1330. The zero-order valence-electron chi connectivity index (χ0n) is 23.9. The molecule has 3 saturated heterocycles. The highest BCUT2D eigenvalue weighted by molar-refractivity contribution is 6.12. The number of nitrogens with zero attached hydrogens (tertiary/aromatic N) is 6. The van der Waals surface area contributed by atoms with Crippen LogP contribution in [0.3, 0.4) is 0 Å². The first-order chi connectivity index (χ1) is 19.6. The summed E-state index contributed by atoms with van der Waals surface area (Å²) in [7, 11) is 2.13. The molecule has 11 nitrogen and oxygen atoms in total. The number of carbonyl (C=O) groups excluding carboxylic acids is 2. The fourth-order valence-corrected chi connectivity index (χ4v) is 7.14. The first-order valence-electron chi connectivity index (χ1n) is 14.5. The largest absolute Gasteiger partial charge is 0.381 e. The van der Waals surface area contributed by atoms with E-state index in [9.17, 15) is 14.0 Å². The molecule has 0 spiro atoms. The molecule has 2 aromatic rings. The average molecular weight is 572 g/mol. The van der Waals surface area contributed by atoms with E-state index < -0.39 is 23.4 Å². The van der Waals surface area contributed by atoms with Crippen LogP contribution in [0, 0.1) is 23.6 Å². The van der Waals surface area contributed by atoms with E-state index in [0.29, 0.717) is 50.0 Å². The Hall–Kier alpha value is -3.48. The van der Waals surface area contributed by atoms with Gasteiger partial charge in [0.1, 0.15) is 23.2 Å². The molecule has 2 amide bonds. The molecule has 4 aliphatic heterocycles. The van der Waals surface area contributed by atoms with E-state index in [0.717, 1.165) is 32.4 Å². The van der Waals surface area contributed by atoms with E-state index in [1.807, 2.05) is 16.7 Å². The predicted octanol–water partition coefficient (Wildman–Crippen LogP) is 2.38. The van der Waals surface area contributed by atoms with Crippen molar-refractivity contribution >= 4 is 34.8 Å². The molecule has 3 fully saturated rings. The number of pyridine rings is 1. The van der Waals surface area contributed by atoms with E-state index in [4.69, 9.17) is 5.73 Å². The van der Waals surface area contributed by atoms with Crippen LogP contribution in [0.2, 0.25) is 0 Å². The second kappa shape index (κ2) is 10.4. The van der Waals surface area contributed by atoms with Crippen LogP contribution in [0.15, 0.2) is 12.4 Å². The van der Waals surface area contributed by atoms with Gasteiger partial charge in [-0.1, -0.05) is 6.92 Å². The van der Waals surface area contributed by atoms with Crippen LogP contribution in [-0.2, 0) is 10.3 Å². The van der Waals surface area contributed by atoms with Crippen molar-refractivity contribution in [1.82, 2.24) is 24.6 Å². The third kappa shape index (κ3) is 4.67. The first kappa shape index (κ1) is 27.7. The molecular formula is C28H39F2N9O2. The molecule has 13 heteroatoms. The molecule has 0 aromatic carbocycles. The molecule has 4 unspecified atom stereocenters. The summed E-state index contributed by atoms with van der Waals surface area (Å²) in [6, 6.07) is 0. The molecule has 0 radical (unpaired) electrons. The smallest absolute Gasteiger partial charge is 0.263 e. The topological polar surface area (TPSA) is 125 Å². The van der Waals surface area contributed by atoms with Crippen LogP contribution in [-0.4, -0.2) is 95.4 Å². The Morgan fingerprint density at radius 3 is 2.51 bits per heavy atom. The molecule has 0 saturated carbocycles. The van der Waals surface area contributed by atoms with Crippen LogP contribution in [0.5, 0.6) is 0 Å². The van der Waals surface area contributed by atoms with Crippen molar-refractivity contribution in [1.29, 1.82) is 0 Å². The molecule has 222 valence electrons. The predicted molar refractivity (Wildman–Crippen MR) is 152 cm³/mol. The summed E-state index contributed by atoms with van der Waals surface area (Å²) in [4.78, 5) is 37.0. The molecule has 0 aliphatic carbocycles. The number of hydrogen-bond acceptors (Lipinski definition) is 8. The summed E-state index contributed by atoms with van der Waals surface area (Å²) in [5.74, 6) is 0.365. The van der Waals surface area contributed by atoms with Gasteiger partial charge in [0.25, 0.3) is 5.91 Å². The summed E-state index contributed by atoms with van der Waals surface area (Å²) >= 11 is 0. The Morgan fingerprint density at radius 1 is 1.17 bits per heavy atom. The third-order valence-corrected chi connectivity index (χ3v) is 9.72. The van der Waals surface area contributed by atoms with Crippen molar-refractivity contribution in [2.45, 2.75) is 44.8 Å². The molecule has 4 atom stereocenters. The zero-order valence-corrected chi connectivity index (χ0v) is 23.9. The maximum absolute atomic E-state index is 15.2. The third-order valence-electron chi connectivity index (χ3n) is 9.72. The first-order valence-corrected chi connectivity index (χ1v) is 14.5. The lowest BCUT2D eigenvalue weighted by molar-refractivity contribution is -0.135. The van der Waals surface area contributed by atoms with E-state index in [2.05, 4.69) is 32.7 Å². The SMILES string of the molecule is CCC1(C)C(F)CNc2c(C(=O)Nc3cncc(F)c3N3CCC(C(=O)N4CC5CN(C)CC5C4)CC3)c(N)nn21. The van der Waals surface area contributed by atoms with Gasteiger partial charge in [0.2, 0.25) is 5.91 Å². The number of fused-ring (bicyclic) bond motifs is 2. The molecule has 41 heavy (non-hydrogen) atoms. The monoisotopic (exact) mass is 571 g/mol. The second-order valence-electron chi connectivity index (χ2n) is 12.3. The van der Waals surface area contributed by atoms with Gasteiger partial charge in [0, 0.05) is 51.7 Å². The lowest BCUT2D eigenvalue weighted by Crippen LogP contribution is -2.48. The van der Waals surface area contributed by atoms with E-state index in [-0.39, 0.29) is 41.1 Å². The Balaban J connectivity index is 1.16. The highest BCUT2D eigenvalue weighted by atomic mass is 19.1. The Kier molecular flexibility index (Phi) is 7.03. The number of halogens is 2. The maximum Gasteiger partial charge on any atom is 0.263 e. The van der Waals surface area contributed by atoms with Gasteiger partial charge in [-0.3, -0.25) is 14.6 Å². The normalized spacial score (nSPS) is 28.4. The number of anilines is 4. The van der Waals surface area contributed by atoms with E-state index in [1.165, 1.54) is 10.9 Å². The summed E-state index contributed by atoms with van der Waals surface area (Å²) in [5.41, 5.74) is 5.70. The van der Waals surface area contributed by atoms with E-state index >= 15 is 4.39 Å². The van der Waals surface area contributed by atoms with Gasteiger partial charge in [-0.15, -0.1) is 0 Å². The summed E-state index contributed by atoms with van der Waals surface area (Å²) in [6.07, 6.45) is 2.98. The molecule has 2 aromatic heterocycles. The summed E-state index contributed by atoms with van der Waals surface area (Å²) < 4.78 is 31.4. The molecule has 4 N–H and O–H groups in total. The minimum Gasteiger partial charge on any atom is -0.381 e. The molecule has 6 rings (SSSR count). The number of rotatable bonds is 5. The van der Waals surface area contributed by atoms with Crippen LogP contribution in [0.1, 0.15) is 43.5 Å². The van der Waals surface area contributed by atoms with Crippen LogP contribution >= 0.6 is 0 Å². The lowest BCUT2D eigenvalue weighted by Gasteiger charge is -2.38. The number of likely N-dealkylation sites (tertiary alicyclic amines) is 2. The van der Waals surface area contributed by atoms with Gasteiger partial charge in [0.05, 0.1) is 23.6 Å². The van der Waals surface area contributed by atoms with Gasteiger partial charge < -0.3 is 31.1 Å². The van der Waals surface area contributed by atoms with E-state index in [1.54, 1.807) is 6.92 Å². The summed E-state index contributed by atoms with van der Waals surface area (Å²) in [5, 5.41) is 10.0. The Labute approximate surface area is 238 Å². The number of aromatic nitrogens is 3. The minimum absolute atomic E-state index is 0.0198. The molecule has 6 heterocycles. The van der Waals surface area contributed by atoms with Crippen molar-refractivity contribution < 1.29 is 18.4 Å². The quantitative estimate of drug-likeness (QED) is 0.500. The zero-order chi connectivity index (χ0) is 29.1. The Morgan fingerprint density at radius 2 is 1.85 bits per heavy atom. The fourth-order valence-electron chi connectivity index (χ4n) is 7.14. The second-order valence-corrected chi connectivity index (χ2v) is 12.3. The number of carbonyl (C=O) groups is 2. The van der Waals surface area contributed by atoms with Crippen molar-refractivity contribution in [3.05, 3.63) is 23.8 Å². The highest BCUT2D eigenvalue weighted by Crippen LogP contribution is 2.39. The van der Waals surface area contributed by atoms with Crippen molar-refractivity contribution in [2.75, 3.05) is 74.1 Å². The number of nitrogen functional groups attached to an aromatic ring is 1. The van der Waals surface area contributed by atoms with Gasteiger partial charge >= 0.3 is 0 Å². The average Bonchev–Trinajstić information content (AvgIpc) is 3.61. The lowest BCUT2D eigenvalue weighted by atomic mass is 9.91. The number of piperidine rings is 1. The number of nitrogens with one attached hydrogen (secondary N) is 2. The number of alkyl halides is 1. The summed E-state index contributed by atoms with van der Waals surface area (Å²) in [6.45, 7) is 8.30. The van der Waals surface area contributed by atoms with Crippen molar-refractivity contribution in [2.24, 2.45) is 17.8 Å². The highest BCUT2D eigenvalue weighted by Gasteiger charge is 2.44. The number of nitrogens with two attached hydrogens (primary N) is 1. The van der Waals surface area contributed by atoms with Crippen molar-refractivity contribution in [3.63, 3.8) is 0 Å². The van der Waals surface area contributed by atoms with Crippen LogP contribution in [0.25, 0.3) is 0 Å². The number of hydrogen-bond donors (Lipinski definition) is 3. The van der Waals surface area contributed by atoms with Crippen LogP contribution < -0.4 is 21.3 Å². The standard InChI is InChI=1S/C28H39F2N9O2/c1-4-28(2)21(30)11-33-25-22(24(31)35-39(25)28)26(40)34-20-10-32-9-19(29)23(20)37-7-5-16(6-8-37)27(41)38-14-17-12-36(3)13-18(17)15-38/h9-10,16-18,21,33H,4-8,11-15H2,1-3H3,(H2,31,35)(H,34,40). The minimum atomic E-state index is -1.21. The number of amides is 2. The van der Waals surface area contributed by atoms with Crippen molar-refractivity contribution in [3.8, 4) is 0 Å². The van der Waals surface area contributed by atoms with Gasteiger partial charge in [0.15, 0.2) is 11.6 Å². The molecule has 4 aliphatic rings. The molecular weight excluding hydrogens is 532 g/mol. The maximum atomic E-state index is 15.2. The van der Waals surface area contributed by atoms with Gasteiger partial charge in [-0.25, -0.2) is 13.5 Å². The van der Waals surface area contributed by atoms with Gasteiger partial charge in [-0.2, -0.15) is 5.10 Å². The van der Waals surface area contributed by atoms with Gasteiger partial charge in [-0.05, 0) is 45.1 Å². The fraction of sp³-hybridized carbons (Fsp3) is 0.643. The van der Waals surface area contributed by atoms with Crippen LogP contribution in [0.4, 0.5) is 31.8 Å².